The predicted molar refractivity (Wildman–Crippen MR) is 64.5 cm³/mol. The Balaban J connectivity index is 2.59. The molecule has 0 spiro atoms. The lowest BCUT2D eigenvalue weighted by molar-refractivity contribution is -0.150. The van der Waals surface area contributed by atoms with Crippen LogP contribution in [0.5, 0.6) is 0 Å². The van der Waals surface area contributed by atoms with Crippen molar-refractivity contribution in [2.24, 2.45) is 0 Å². The number of carbonyl (C=O) groups is 1. The molecule has 5 heteroatoms. The van der Waals surface area contributed by atoms with Crippen LogP contribution in [0.4, 0.5) is 0 Å². The van der Waals surface area contributed by atoms with Gasteiger partial charge in [-0.05, 0) is 19.4 Å². The van der Waals surface area contributed by atoms with E-state index in [0.29, 0.717) is 19.7 Å². The average molecular weight is 247 g/mol. The molecule has 1 heterocycles. The molecule has 0 amide bonds. The predicted octanol–water partition coefficient (Wildman–Crippen LogP) is 0.966. The number of rotatable bonds is 4. The normalized spacial score (nSPS) is 23.2. The fraction of sp³-hybridized carbons (Fsp3) is 0.727. The number of carbonyl (C=O) groups excluding carboxylic acids is 1. The van der Waals surface area contributed by atoms with Gasteiger partial charge >= 0.3 is 5.97 Å². The fourth-order valence-electron chi connectivity index (χ4n) is 1.76. The van der Waals surface area contributed by atoms with Crippen LogP contribution in [0.1, 0.15) is 13.8 Å². The van der Waals surface area contributed by atoms with E-state index in [1.807, 2.05) is 13.8 Å². The van der Waals surface area contributed by atoms with Gasteiger partial charge in [0.1, 0.15) is 6.04 Å². The Morgan fingerprint density at radius 3 is 3.06 bits per heavy atom. The maximum absolute atomic E-state index is 11.7. The van der Waals surface area contributed by atoms with E-state index in [9.17, 15) is 4.79 Å². The minimum atomic E-state index is -0.194. The van der Waals surface area contributed by atoms with Crippen LogP contribution >= 0.6 is 11.6 Å². The molecule has 1 unspecified atom stereocenters. The van der Waals surface area contributed by atoms with Crippen LogP contribution in [0.2, 0.25) is 0 Å². The van der Waals surface area contributed by atoms with E-state index in [2.05, 4.69) is 10.2 Å². The highest BCUT2D eigenvalue weighted by molar-refractivity contribution is 6.25. The van der Waals surface area contributed by atoms with Gasteiger partial charge in [-0.15, -0.1) is 0 Å². The molecule has 4 nitrogen and oxygen atoms in total. The third-order valence-electron chi connectivity index (χ3n) is 2.55. The minimum absolute atomic E-state index is 0.155. The molecule has 1 saturated heterocycles. The second kappa shape index (κ2) is 6.89. The lowest BCUT2D eigenvalue weighted by Crippen LogP contribution is -2.55. The molecule has 16 heavy (non-hydrogen) atoms. The second-order valence-electron chi connectivity index (χ2n) is 3.90. The number of ether oxygens (including phenoxy) is 1. The Morgan fingerprint density at radius 2 is 2.44 bits per heavy atom. The topological polar surface area (TPSA) is 41.6 Å². The fourth-order valence-corrected chi connectivity index (χ4v) is 1.83. The first-order chi connectivity index (χ1) is 7.69. The van der Waals surface area contributed by atoms with Gasteiger partial charge < -0.3 is 10.1 Å². The van der Waals surface area contributed by atoms with Crippen LogP contribution in [0, 0.1) is 0 Å². The summed E-state index contributed by atoms with van der Waals surface area (Å²) in [7, 11) is 0. The molecule has 0 aromatic heterocycles. The minimum Gasteiger partial charge on any atom is -0.465 e. The summed E-state index contributed by atoms with van der Waals surface area (Å²) in [5.41, 5.74) is 2.61. The van der Waals surface area contributed by atoms with E-state index in [1.54, 1.807) is 5.54 Å². The van der Waals surface area contributed by atoms with Crippen molar-refractivity contribution < 1.29 is 9.53 Å². The Kier molecular flexibility index (Phi) is 5.80. The van der Waals surface area contributed by atoms with Crippen molar-refractivity contribution in [3.05, 3.63) is 11.1 Å². The zero-order valence-electron chi connectivity index (χ0n) is 9.83. The summed E-state index contributed by atoms with van der Waals surface area (Å²) in [6.45, 7) is 7.30. The summed E-state index contributed by atoms with van der Waals surface area (Å²) in [4.78, 5) is 13.8. The SMILES string of the molecule is CCOC(=O)C1CNCCN1CC(C)=CCl. The van der Waals surface area contributed by atoms with Gasteiger partial charge in [0.15, 0.2) is 0 Å². The van der Waals surface area contributed by atoms with Crippen LogP contribution in [-0.4, -0.2) is 49.7 Å². The van der Waals surface area contributed by atoms with Crippen LogP contribution in [0.25, 0.3) is 0 Å². The molecule has 1 fully saturated rings. The van der Waals surface area contributed by atoms with E-state index in [-0.39, 0.29) is 12.0 Å². The van der Waals surface area contributed by atoms with Crippen molar-refractivity contribution in [2.75, 3.05) is 32.8 Å². The Morgan fingerprint density at radius 1 is 1.69 bits per heavy atom. The first kappa shape index (κ1) is 13.5. The summed E-state index contributed by atoms with van der Waals surface area (Å²) in [6.07, 6.45) is 0. The van der Waals surface area contributed by atoms with Crippen LogP contribution in [0.3, 0.4) is 0 Å². The third-order valence-corrected chi connectivity index (χ3v) is 2.92. The number of hydrogen-bond acceptors (Lipinski definition) is 4. The number of nitrogens with zero attached hydrogens (tertiary/aromatic N) is 1. The quantitative estimate of drug-likeness (QED) is 0.751. The molecular formula is C11H19ClN2O2. The highest BCUT2D eigenvalue weighted by atomic mass is 35.5. The largest absolute Gasteiger partial charge is 0.465 e. The maximum atomic E-state index is 11.7. The summed E-state index contributed by atoms with van der Waals surface area (Å²) < 4.78 is 5.05. The van der Waals surface area contributed by atoms with E-state index in [0.717, 1.165) is 18.7 Å². The summed E-state index contributed by atoms with van der Waals surface area (Å²) in [5.74, 6) is -0.155. The van der Waals surface area contributed by atoms with Crippen molar-refractivity contribution in [3.63, 3.8) is 0 Å². The monoisotopic (exact) mass is 246 g/mol. The first-order valence-corrected chi connectivity index (χ1v) is 6.00. The zero-order valence-corrected chi connectivity index (χ0v) is 10.6. The van der Waals surface area contributed by atoms with Crippen LogP contribution in [-0.2, 0) is 9.53 Å². The molecular weight excluding hydrogens is 228 g/mol. The molecule has 1 atom stereocenters. The number of halogens is 1. The van der Waals surface area contributed by atoms with Gasteiger partial charge in [0.05, 0.1) is 6.61 Å². The molecule has 1 aliphatic heterocycles. The molecule has 92 valence electrons. The smallest absolute Gasteiger partial charge is 0.324 e. The highest BCUT2D eigenvalue weighted by Crippen LogP contribution is 2.09. The standard InChI is InChI=1S/C11H19ClN2O2/c1-3-16-11(15)10-7-13-4-5-14(10)8-9(2)6-12/h6,10,13H,3-5,7-8H2,1-2H3. The van der Waals surface area contributed by atoms with E-state index >= 15 is 0 Å². The number of piperazine rings is 1. The summed E-state index contributed by atoms with van der Waals surface area (Å²) in [5, 5.41) is 3.20. The Hall–Kier alpha value is -0.580. The van der Waals surface area contributed by atoms with E-state index in [1.165, 1.54) is 0 Å². The van der Waals surface area contributed by atoms with E-state index in [4.69, 9.17) is 16.3 Å². The first-order valence-electron chi connectivity index (χ1n) is 5.56. The molecule has 0 aromatic carbocycles. The Bertz CT molecular complexity index is 269. The van der Waals surface area contributed by atoms with Gasteiger partial charge in [-0.1, -0.05) is 11.6 Å². The highest BCUT2D eigenvalue weighted by Gasteiger charge is 2.29. The Labute approximate surface area is 102 Å². The molecule has 0 radical (unpaired) electrons. The number of nitrogens with one attached hydrogen (secondary N) is 1. The van der Waals surface area contributed by atoms with Gasteiger partial charge in [0, 0.05) is 31.7 Å². The van der Waals surface area contributed by atoms with Gasteiger partial charge in [-0.25, -0.2) is 0 Å². The molecule has 0 aromatic rings. The lowest BCUT2D eigenvalue weighted by Gasteiger charge is -2.34. The van der Waals surface area contributed by atoms with Crippen molar-refractivity contribution in [2.45, 2.75) is 19.9 Å². The summed E-state index contributed by atoms with van der Waals surface area (Å²) >= 11 is 5.64. The average Bonchev–Trinajstić information content (AvgIpc) is 2.30. The van der Waals surface area contributed by atoms with Gasteiger partial charge in [-0.3, -0.25) is 9.69 Å². The zero-order chi connectivity index (χ0) is 12.0. The van der Waals surface area contributed by atoms with Crippen molar-refractivity contribution >= 4 is 17.6 Å². The molecule has 1 rings (SSSR count). The molecule has 0 aliphatic carbocycles. The summed E-state index contributed by atoms with van der Waals surface area (Å²) in [6, 6.07) is -0.194. The third kappa shape index (κ3) is 3.77. The second-order valence-corrected chi connectivity index (χ2v) is 4.12. The lowest BCUT2D eigenvalue weighted by atomic mass is 10.1. The maximum Gasteiger partial charge on any atom is 0.324 e. The van der Waals surface area contributed by atoms with Crippen LogP contribution in [0.15, 0.2) is 11.1 Å². The van der Waals surface area contributed by atoms with Crippen molar-refractivity contribution in [1.82, 2.24) is 10.2 Å². The molecule has 1 aliphatic rings. The van der Waals surface area contributed by atoms with Crippen LogP contribution < -0.4 is 5.32 Å². The molecule has 0 bridgehead atoms. The molecule has 0 saturated carbocycles. The van der Waals surface area contributed by atoms with Crippen molar-refractivity contribution in [1.29, 1.82) is 0 Å². The van der Waals surface area contributed by atoms with Crippen molar-refractivity contribution in [3.8, 4) is 0 Å². The van der Waals surface area contributed by atoms with E-state index < -0.39 is 0 Å². The van der Waals surface area contributed by atoms with Gasteiger partial charge in [-0.2, -0.15) is 0 Å². The van der Waals surface area contributed by atoms with Gasteiger partial charge in [0.2, 0.25) is 0 Å². The number of esters is 1. The molecule has 1 N–H and O–H groups in total. The van der Waals surface area contributed by atoms with Gasteiger partial charge in [0.25, 0.3) is 0 Å². The number of hydrogen-bond donors (Lipinski definition) is 1.